The summed E-state index contributed by atoms with van der Waals surface area (Å²) in [7, 11) is 0. The highest BCUT2D eigenvalue weighted by Crippen LogP contribution is 2.32. The van der Waals surface area contributed by atoms with Gasteiger partial charge in [0.1, 0.15) is 0 Å². The van der Waals surface area contributed by atoms with E-state index in [-0.39, 0.29) is 0 Å². The molecule has 0 saturated carbocycles. The number of likely N-dealkylation sites (tertiary alicyclic amines) is 1. The molecule has 0 aromatic carbocycles. The SMILES string of the molecule is CCCC1CC(C(C)C)N(C(C)C)C1. The molecule has 0 spiro atoms. The Hall–Kier alpha value is -0.0400. The molecule has 2 unspecified atom stereocenters. The van der Waals surface area contributed by atoms with Crippen LogP contribution in [0.5, 0.6) is 0 Å². The zero-order valence-electron chi connectivity index (χ0n) is 10.6. The first-order valence-corrected chi connectivity index (χ1v) is 6.32. The Morgan fingerprint density at radius 2 is 1.86 bits per heavy atom. The van der Waals surface area contributed by atoms with E-state index < -0.39 is 0 Å². The van der Waals surface area contributed by atoms with Crippen molar-refractivity contribution in [2.24, 2.45) is 11.8 Å². The Morgan fingerprint density at radius 1 is 1.21 bits per heavy atom. The normalized spacial score (nSPS) is 29.4. The number of rotatable bonds is 4. The van der Waals surface area contributed by atoms with E-state index in [1.54, 1.807) is 0 Å². The lowest BCUT2D eigenvalue weighted by molar-refractivity contribution is 0.164. The van der Waals surface area contributed by atoms with Gasteiger partial charge in [-0.3, -0.25) is 4.90 Å². The summed E-state index contributed by atoms with van der Waals surface area (Å²) in [4.78, 5) is 2.71. The second kappa shape index (κ2) is 5.16. The van der Waals surface area contributed by atoms with Gasteiger partial charge in [-0.15, -0.1) is 0 Å². The molecule has 1 rings (SSSR count). The molecule has 1 heteroatoms. The molecular formula is C13H27N. The van der Waals surface area contributed by atoms with Crippen molar-refractivity contribution in [3.8, 4) is 0 Å². The van der Waals surface area contributed by atoms with Crippen LogP contribution >= 0.6 is 0 Å². The van der Waals surface area contributed by atoms with E-state index in [1.807, 2.05) is 0 Å². The van der Waals surface area contributed by atoms with Crippen LogP contribution in [-0.4, -0.2) is 23.5 Å². The highest BCUT2D eigenvalue weighted by molar-refractivity contribution is 4.88. The van der Waals surface area contributed by atoms with Gasteiger partial charge in [-0.25, -0.2) is 0 Å². The predicted molar refractivity (Wildman–Crippen MR) is 63.5 cm³/mol. The first-order valence-electron chi connectivity index (χ1n) is 6.32. The maximum absolute atomic E-state index is 2.71. The lowest BCUT2D eigenvalue weighted by Gasteiger charge is -2.30. The maximum atomic E-state index is 2.71. The minimum Gasteiger partial charge on any atom is -0.297 e. The molecule has 1 saturated heterocycles. The number of hydrogen-bond donors (Lipinski definition) is 0. The fourth-order valence-corrected chi connectivity index (χ4v) is 2.85. The Morgan fingerprint density at radius 3 is 2.21 bits per heavy atom. The molecule has 1 heterocycles. The van der Waals surface area contributed by atoms with E-state index in [1.165, 1.54) is 25.8 Å². The van der Waals surface area contributed by atoms with Crippen LogP contribution in [0.3, 0.4) is 0 Å². The molecule has 0 amide bonds. The summed E-state index contributed by atoms with van der Waals surface area (Å²) in [5, 5.41) is 0. The van der Waals surface area contributed by atoms with E-state index in [9.17, 15) is 0 Å². The van der Waals surface area contributed by atoms with Crippen molar-refractivity contribution in [2.45, 2.75) is 66.0 Å². The molecule has 0 aromatic rings. The molecule has 1 aliphatic rings. The van der Waals surface area contributed by atoms with Crippen molar-refractivity contribution in [3.63, 3.8) is 0 Å². The zero-order chi connectivity index (χ0) is 10.7. The third kappa shape index (κ3) is 2.73. The standard InChI is InChI=1S/C13H27N/c1-6-7-12-8-13(10(2)3)14(9-12)11(4)5/h10-13H,6-9H2,1-5H3. The fraction of sp³-hybridized carbons (Fsp3) is 1.00. The highest BCUT2D eigenvalue weighted by Gasteiger charge is 2.34. The highest BCUT2D eigenvalue weighted by atomic mass is 15.2. The molecule has 0 bridgehead atoms. The summed E-state index contributed by atoms with van der Waals surface area (Å²) in [5.41, 5.74) is 0. The zero-order valence-corrected chi connectivity index (χ0v) is 10.6. The second-order valence-corrected chi connectivity index (χ2v) is 5.49. The van der Waals surface area contributed by atoms with Crippen LogP contribution in [-0.2, 0) is 0 Å². The molecule has 1 fully saturated rings. The smallest absolute Gasteiger partial charge is 0.0124 e. The Kier molecular flexibility index (Phi) is 4.43. The van der Waals surface area contributed by atoms with Gasteiger partial charge in [0.25, 0.3) is 0 Å². The first-order chi connectivity index (χ1) is 6.56. The fourth-order valence-electron chi connectivity index (χ4n) is 2.85. The molecule has 84 valence electrons. The summed E-state index contributed by atoms with van der Waals surface area (Å²) < 4.78 is 0. The molecule has 0 aromatic heterocycles. The summed E-state index contributed by atoms with van der Waals surface area (Å²) in [6.07, 6.45) is 4.21. The largest absolute Gasteiger partial charge is 0.297 e. The Labute approximate surface area is 89.9 Å². The van der Waals surface area contributed by atoms with Gasteiger partial charge < -0.3 is 0 Å². The van der Waals surface area contributed by atoms with E-state index >= 15 is 0 Å². The number of hydrogen-bond acceptors (Lipinski definition) is 1. The van der Waals surface area contributed by atoms with E-state index in [2.05, 4.69) is 39.5 Å². The third-order valence-electron chi connectivity index (χ3n) is 3.60. The third-order valence-corrected chi connectivity index (χ3v) is 3.60. The van der Waals surface area contributed by atoms with Gasteiger partial charge in [-0.1, -0.05) is 27.2 Å². The van der Waals surface area contributed by atoms with Gasteiger partial charge in [-0.2, -0.15) is 0 Å². The van der Waals surface area contributed by atoms with Crippen LogP contribution in [0.2, 0.25) is 0 Å². The second-order valence-electron chi connectivity index (χ2n) is 5.49. The van der Waals surface area contributed by atoms with Crippen molar-refractivity contribution >= 4 is 0 Å². The van der Waals surface area contributed by atoms with Gasteiger partial charge >= 0.3 is 0 Å². The molecule has 0 N–H and O–H groups in total. The van der Waals surface area contributed by atoms with E-state index in [0.29, 0.717) is 0 Å². The van der Waals surface area contributed by atoms with Crippen molar-refractivity contribution in [3.05, 3.63) is 0 Å². The minimum absolute atomic E-state index is 0.726. The van der Waals surface area contributed by atoms with Crippen molar-refractivity contribution in [2.75, 3.05) is 6.54 Å². The predicted octanol–water partition coefficient (Wildman–Crippen LogP) is 3.54. The summed E-state index contributed by atoms with van der Waals surface area (Å²) >= 11 is 0. The molecule has 0 aliphatic carbocycles. The van der Waals surface area contributed by atoms with Crippen LogP contribution in [0.4, 0.5) is 0 Å². The molecular weight excluding hydrogens is 170 g/mol. The van der Waals surface area contributed by atoms with Gasteiger partial charge in [0.05, 0.1) is 0 Å². The molecule has 1 nitrogen and oxygen atoms in total. The summed E-state index contributed by atoms with van der Waals surface area (Å²) in [6.45, 7) is 13.1. The average molecular weight is 197 g/mol. The monoisotopic (exact) mass is 197 g/mol. The molecule has 14 heavy (non-hydrogen) atoms. The van der Waals surface area contributed by atoms with Crippen LogP contribution in [0, 0.1) is 11.8 Å². The van der Waals surface area contributed by atoms with Gasteiger partial charge in [-0.05, 0) is 38.5 Å². The van der Waals surface area contributed by atoms with Crippen LogP contribution in [0.25, 0.3) is 0 Å². The van der Waals surface area contributed by atoms with E-state index in [0.717, 1.165) is 23.9 Å². The molecule has 2 atom stereocenters. The number of nitrogens with zero attached hydrogens (tertiary/aromatic N) is 1. The molecule has 0 radical (unpaired) electrons. The van der Waals surface area contributed by atoms with E-state index in [4.69, 9.17) is 0 Å². The average Bonchev–Trinajstić information content (AvgIpc) is 2.49. The summed E-state index contributed by atoms with van der Waals surface area (Å²) in [6, 6.07) is 1.57. The van der Waals surface area contributed by atoms with Crippen molar-refractivity contribution < 1.29 is 0 Å². The lowest BCUT2D eigenvalue weighted by Crippen LogP contribution is -2.38. The van der Waals surface area contributed by atoms with Gasteiger partial charge in [0.2, 0.25) is 0 Å². The van der Waals surface area contributed by atoms with Crippen molar-refractivity contribution in [1.29, 1.82) is 0 Å². The Bertz CT molecular complexity index is 147. The first kappa shape index (κ1) is 12.0. The van der Waals surface area contributed by atoms with Crippen LogP contribution < -0.4 is 0 Å². The lowest BCUT2D eigenvalue weighted by atomic mass is 9.95. The van der Waals surface area contributed by atoms with Crippen LogP contribution in [0.15, 0.2) is 0 Å². The summed E-state index contributed by atoms with van der Waals surface area (Å²) in [5.74, 6) is 1.79. The van der Waals surface area contributed by atoms with Gasteiger partial charge in [0, 0.05) is 18.6 Å². The minimum atomic E-state index is 0.726. The Balaban J connectivity index is 2.56. The quantitative estimate of drug-likeness (QED) is 0.666. The van der Waals surface area contributed by atoms with Crippen molar-refractivity contribution in [1.82, 2.24) is 4.90 Å². The topological polar surface area (TPSA) is 3.24 Å². The van der Waals surface area contributed by atoms with Crippen LogP contribution in [0.1, 0.15) is 53.9 Å². The molecule has 1 aliphatic heterocycles. The van der Waals surface area contributed by atoms with Gasteiger partial charge in [0.15, 0.2) is 0 Å². The maximum Gasteiger partial charge on any atom is 0.0124 e.